The Bertz CT molecular complexity index is 1120. The molecule has 0 unspecified atom stereocenters. The Balaban J connectivity index is 1.57. The van der Waals surface area contributed by atoms with Crippen molar-refractivity contribution >= 4 is 16.8 Å². The highest BCUT2D eigenvalue weighted by molar-refractivity contribution is 5.98. The summed E-state index contributed by atoms with van der Waals surface area (Å²) in [6, 6.07) is 12.9. The first-order valence-corrected chi connectivity index (χ1v) is 11.3. The van der Waals surface area contributed by atoms with Crippen molar-refractivity contribution < 1.29 is 9.18 Å². The SMILES string of the molecule is Cc1cc2ccc(C(=O)N[C@@H](C)c3cc(F)cc(C(C)(C)C)c3)cc2n1CC1CCC1. The number of halogens is 1. The fourth-order valence-electron chi connectivity index (χ4n) is 4.37. The summed E-state index contributed by atoms with van der Waals surface area (Å²) in [6.07, 6.45) is 3.91. The van der Waals surface area contributed by atoms with Crippen molar-refractivity contribution in [3.63, 3.8) is 0 Å². The van der Waals surface area contributed by atoms with Crippen LogP contribution in [0.4, 0.5) is 4.39 Å². The highest BCUT2D eigenvalue weighted by Crippen LogP contribution is 2.31. The Morgan fingerprint density at radius 2 is 1.90 bits per heavy atom. The number of carbonyl (C=O) groups is 1. The second-order valence-corrected chi connectivity index (χ2v) is 10.2. The van der Waals surface area contributed by atoms with E-state index in [0.29, 0.717) is 5.56 Å². The molecule has 31 heavy (non-hydrogen) atoms. The lowest BCUT2D eigenvalue weighted by Gasteiger charge is -2.27. The number of nitrogens with one attached hydrogen (secondary N) is 1. The summed E-state index contributed by atoms with van der Waals surface area (Å²) in [6.45, 7) is 11.2. The van der Waals surface area contributed by atoms with Crippen molar-refractivity contribution in [1.82, 2.24) is 9.88 Å². The van der Waals surface area contributed by atoms with Crippen LogP contribution < -0.4 is 5.32 Å². The van der Waals surface area contributed by atoms with Crippen LogP contribution in [0.2, 0.25) is 0 Å². The van der Waals surface area contributed by atoms with E-state index >= 15 is 0 Å². The zero-order valence-corrected chi connectivity index (χ0v) is 19.3. The van der Waals surface area contributed by atoms with Crippen molar-refractivity contribution in [1.29, 1.82) is 0 Å². The van der Waals surface area contributed by atoms with Gasteiger partial charge in [-0.05, 0) is 84.9 Å². The molecule has 4 rings (SSSR count). The van der Waals surface area contributed by atoms with Crippen LogP contribution in [-0.4, -0.2) is 10.5 Å². The molecular formula is C27H33FN2O. The van der Waals surface area contributed by atoms with Crippen LogP contribution in [-0.2, 0) is 12.0 Å². The van der Waals surface area contributed by atoms with Gasteiger partial charge < -0.3 is 9.88 Å². The number of carbonyl (C=O) groups excluding carboxylic acids is 1. The minimum atomic E-state index is -0.288. The van der Waals surface area contributed by atoms with Crippen LogP contribution in [0.15, 0.2) is 42.5 Å². The van der Waals surface area contributed by atoms with E-state index in [0.717, 1.165) is 29.1 Å². The Hall–Kier alpha value is -2.62. The third-order valence-electron chi connectivity index (χ3n) is 6.67. The zero-order valence-electron chi connectivity index (χ0n) is 19.3. The van der Waals surface area contributed by atoms with Crippen LogP contribution in [0.25, 0.3) is 10.9 Å². The minimum absolute atomic E-state index is 0.134. The van der Waals surface area contributed by atoms with Gasteiger partial charge in [-0.15, -0.1) is 0 Å². The molecule has 1 N–H and O–H groups in total. The van der Waals surface area contributed by atoms with Gasteiger partial charge in [-0.3, -0.25) is 4.79 Å². The van der Waals surface area contributed by atoms with Crippen molar-refractivity contribution in [3.05, 3.63) is 70.7 Å². The second kappa shape index (κ2) is 8.14. The number of aromatic nitrogens is 1. The van der Waals surface area contributed by atoms with E-state index in [9.17, 15) is 9.18 Å². The first kappa shape index (κ1) is 21.6. The molecule has 0 radical (unpaired) electrons. The summed E-state index contributed by atoms with van der Waals surface area (Å²) in [5, 5.41) is 4.23. The van der Waals surface area contributed by atoms with E-state index in [2.05, 4.69) is 43.6 Å². The van der Waals surface area contributed by atoms with Gasteiger partial charge in [0.2, 0.25) is 0 Å². The maximum atomic E-state index is 14.2. The number of rotatable bonds is 5. The summed E-state index contributed by atoms with van der Waals surface area (Å²) in [7, 11) is 0. The van der Waals surface area contributed by atoms with Gasteiger partial charge >= 0.3 is 0 Å². The van der Waals surface area contributed by atoms with Crippen LogP contribution >= 0.6 is 0 Å². The van der Waals surface area contributed by atoms with E-state index in [1.54, 1.807) is 6.07 Å². The Kier molecular flexibility index (Phi) is 5.67. The third-order valence-corrected chi connectivity index (χ3v) is 6.67. The number of hydrogen-bond donors (Lipinski definition) is 1. The maximum absolute atomic E-state index is 14.2. The molecule has 1 amide bonds. The number of amides is 1. The lowest BCUT2D eigenvalue weighted by molar-refractivity contribution is 0.0940. The van der Waals surface area contributed by atoms with E-state index in [1.807, 2.05) is 31.2 Å². The fourth-order valence-corrected chi connectivity index (χ4v) is 4.37. The molecule has 2 aromatic carbocycles. The monoisotopic (exact) mass is 420 g/mol. The largest absolute Gasteiger partial charge is 0.346 e. The molecule has 0 saturated heterocycles. The predicted molar refractivity (Wildman–Crippen MR) is 125 cm³/mol. The summed E-state index contributed by atoms with van der Waals surface area (Å²) >= 11 is 0. The molecule has 0 spiro atoms. The van der Waals surface area contributed by atoms with Gasteiger partial charge in [-0.1, -0.05) is 39.3 Å². The molecule has 1 heterocycles. The third kappa shape index (κ3) is 4.53. The highest BCUT2D eigenvalue weighted by atomic mass is 19.1. The second-order valence-electron chi connectivity index (χ2n) is 10.2. The number of nitrogens with zero attached hydrogens (tertiary/aromatic N) is 1. The summed E-state index contributed by atoms with van der Waals surface area (Å²) in [5.41, 5.74) is 4.54. The number of hydrogen-bond acceptors (Lipinski definition) is 1. The average Bonchev–Trinajstić information content (AvgIpc) is 2.97. The van der Waals surface area contributed by atoms with Gasteiger partial charge in [-0.2, -0.15) is 0 Å². The molecule has 1 saturated carbocycles. The highest BCUT2D eigenvalue weighted by Gasteiger charge is 2.21. The normalized spacial score (nSPS) is 15.7. The lowest BCUT2D eigenvalue weighted by atomic mass is 9.85. The minimum Gasteiger partial charge on any atom is -0.346 e. The van der Waals surface area contributed by atoms with Crippen LogP contribution in [0, 0.1) is 18.7 Å². The zero-order chi connectivity index (χ0) is 22.3. The van der Waals surface area contributed by atoms with Gasteiger partial charge in [0.25, 0.3) is 5.91 Å². The van der Waals surface area contributed by atoms with E-state index < -0.39 is 0 Å². The molecule has 3 aromatic rings. The number of benzene rings is 2. The quantitative estimate of drug-likeness (QED) is 0.491. The standard InChI is InChI=1S/C27H33FN2O/c1-17-11-20-9-10-21(14-25(20)30(17)16-19-7-6-8-19)26(31)29-18(2)22-12-23(27(3,4)5)15-24(28)13-22/h9-15,18-19H,6-8,16H2,1-5H3,(H,29,31)/t18-/m0/s1. The topological polar surface area (TPSA) is 34.0 Å². The Morgan fingerprint density at radius 3 is 2.55 bits per heavy atom. The summed E-state index contributed by atoms with van der Waals surface area (Å²) in [4.78, 5) is 13.0. The molecule has 3 nitrogen and oxygen atoms in total. The molecule has 0 bridgehead atoms. The van der Waals surface area contributed by atoms with Crippen LogP contribution in [0.1, 0.15) is 80.2 Å². The molecule has 1 fully saturated rings. The first-order chi connectivity index (χ1) is 14.6. The smallest absolute Gasteiger partial charge is 0.251 e. The predicted octanol–water partition coefficient (Wildman–Crippen LogP) is 6.68. The molecule has 1 aliphatic rings. The van der Waals surface area contributed by atoms with E-state index in [-0.39, 0.29) is 23.2 Å². The molecule has 1 atom stereocenters. The molecule has 4 heteroatoms. The van der Waals surface area contributed by atoms with Gasteiger partial charge in [0.05, 0.1) is 6.04 Å². The van der Waals surface area contributed by atoms with Crippen molar-refractivity contribution in [2.24, 2.45) is 5.92 Å². The van der Waals surface area contributed by atoms with E-state index in [4.69, 9.17) is 0 Å². The number of aryl methyl sites for hydroxylation is 1. The molecule has 164 valence electrons. The van der Waals surface area contributed by atoms with Gasteiger partial charge in [-0.25, -0.2) is 4.39 Å². The van der Waals surface area contributed by atoms with Crippen molar-refractivity contribution in [2.75, 3.05) is 0 Å². The Morgan fingerprint density at radius 1 is 1.16 bits per heavy atom. The van der Waals surface area contributed by atoms with Gasteiger partial charge in [0, 0.05) is 23.3 Å². The van der Waals surface area contributed by atoms with Gasteiger partial charge in [0.15, 0.2) is 0 Å². The summed E-state index contributed by atoms with van der Waals surface area (Å²) < 4.78 is 16.6. The maximum Gasteiger partial charge on any atom is 0.251 e. The lowest BCUT2D eigenvalue weighted by Crippen LogP contribution is -2.27. The number of fused-ring (bicyclic) bond motifs is 1. The average molecular weight is 421 g/mol. The fraction of sp³-hybridized carbons (Fsp3) is 0.444. The Labute approximate surface area is 184 Å². The first-order valence-electron chi connectivity index (χ1n) is 11.3. The van der Waals surface area contributed by atoms with Crippen molar-refractivity contribution in [2.45, 2.75) is 71.9 Å². The summed E-state index contributed by atoms with van der Waals surface area (Å²) in [5.74, 6) is 0.344. The van der Waals surface area contributed by atoms with Crippen LogP contribution in [0.5, 0.6) is 0 Å². The molecular weight excluding hydrogens is 387 g/mol. The molecule has 1 aromatic heterocycles. The molecule has 0 aliphatic heterocycles. The van der Waals surface area contributed by atoms with Crippen LogP contribution in [0.3, 0.4) is 0 Å². The molecule has 1 aliphatic carbocycles. The van der Waals surface area contributed by atoms with E-state index in [1.165, 1.54) is 36.4 Å². The van der Waals surface area contributed by atoms with Crippen molar-refractivity contribution in [3.8, 4) is 0 Å². The van der Waals surface area contributed by atoms with Gasteiger partial charge in [0.1, 0.15) is 5.82 Å².